The van der Waals surface area contributed by atoms with Crippen LogP contribution in [0.4, 0.5) is 8.78 Å². The quantitative estimate of drug-likeness (QED) is 0.524. The Labute approximate surface area is 166 Å². The second-order valence-electron chi connectivity index (χ2n) is 6.81. The monoisotopic (exact) mass is 424 g/mol. The summed E-state index contributed by atoms with van der Waals surface area (Å²) in [6, 6.07) is 10.7. The highest BCUT2D eigenvalue weighted by molar-refractivity contribution is 7.91. The number of ether oxygens (including phenoxy) is 2. The highest BCUT2D eigenvalue weighted by Crippen LogP contribution is 2.32. The SMILES string of the molecule is O=C(C[C@@H]1CS(=O)(=O)C[C@@H]1CC(=O)Oc1ccccc1F)Oc1ccccc1F. The van der Waals surface area contributed by atoms with Crippen LogP contribution < -0.4 is 9.47 Å². The molecule has 0 N–H and O–H groups in total. The molecule has 1 heterocycles. The van der Waals surface area contributed by atoms with Crippen LogP contribution in [0, 0.1) is 23.5 Å². The highest BCUT2D eigenvalue weighted by atomic mass is 32.2. The maximum Gasteiger partial charge on any atom is 0.311 e. The van der Waals surface area contributed by atoms with Gasteiger partial charge in [-0.3, -0.25) is 9.59 Å². The molecule has 0 radical (unpaired) electrons. The van der Waals surface area contributed by atoms with Gasteiger partial charge in [-0.15, -0.1) is 0 Å². The van der Waals surface area contributed by atoms with E-state index in [1.807, 2.05) is 0 Å². The van der Waals surface area contributed by atoms with Crippen molar-refractivity contribution in [3.63, 3.8) is 0 Å². The maximum atomic E-state index is 13.6. The summed E-state index contributed by atoms with van der Waals surface area (Å²) in [6.45, 7) is 0. The third kappa shape index (κ3) is 5.60. The largest absolute Gasteiger partial charge is 0.423 e. The minimum Gasteiger partial charge on any atom is -0.423 e. The normalized spacial score (nSPS) is 20.2. The fourth-order valence-electron chi connectivity index (χ4n) is 3.26. The standard InChI is InChI=1S/C20H18F2O6S/c21-15-5-1-3-7-17(15)27-19(23)9-13-11-29(25,26)12-14(13)10-20(24)28-18-8-4-2-6-16(18)22/h1-8,13-14H,9-12H2/t13-,14+. The Morgan fingerprint density at radius 1 is 0.793 bits per heavy atom. The molecule has 3 rings (SSSR count). The van der Waals surface area contributed by atoms with Crippen LogP contribution in [0.1, 0.15) is 12.8 Å². The molecule has 0 bridgehead atoms. The molecule has 1 fully saturated rings. The molecule has 1 aliphatic rings. The van der Waals surface area contributed by atoms with Crippen molar-refractivity contribution in [3.8, 4) is 11.5 Å². The minimum absolute atomic E-state index is 0.256. The van der Waals surface area contributed by atoms with Crippen LogP contribution >= 0.6 is 0 Å². The number of esters is 2. The number of para-hydroxylation sites is 2. The predicted octanol–water partition coefficient (Wildman–Crippen LogP) is 2.92. The summed E-state index contributed by atoms with van der Waals surface area (Å²) in [5.41, 5.74) is 0. The number of carbonyl (C=O) groups is 2. The van der Waals surface area contributed by atoms with Crippen molar-refractivity contribution in [1.29, 1.82) is 0 Å². The number of hydrogen-bond acceptors (Lipinski definition) is 6. The average Bonchev–Trinajstić information content (AvgIpc) is 2.92. The van der Waals surface area contributed by atoms with E-state index in [-0.39, 0.29) is 35.8 Å². The number of sulfone groups is 1. The molecule has 0 unspecified atom stereocenters. The zero-order valence-electron chi connectivity index (χ0n) is 15.2. The first-order valence-corrected chi connectivity index (χ1v) is 10.7. The molecule has 0 aliphatic carbocycles. The Kier molecular flexibility index (Phi) is 6.26. The van der Waals surface area contributed by atoms with Crippen molar-refractivity contribution in [2.24, 2.45) is 11.8 Å². The van der Waals surface area contributed by atoms with Crippen LogP contribution in [0.5, 0.6) is 11.5 Å². The van der Waals surface area contributed by atoms with Crippen LogP contribution in [0.15, 0.2) is 48.5 Å². The summed E-state index contributed by atoms with van der Waals surface area (Å²) in [7, 11) is -3.46. The van der Waals surface area contributed by atoms with Crippen LogP contribution in [-0.2, 0) is 19.4 Å². The first kappa shape index (κ1) is 20.9. The van der Waals surface area contributed by atoms with Gasteiger partial charge in [-0.2, -0.15) is 0 Å². The Balaban J connectivity index is 1.64. The van der Waals surface area contributed by atoms with E-state index in [1.165, 1.54) is 36.4 Å². The van der Waals surface area contributed by atoms with Crippen molar-refractivity contribution >= 4 is 21.8 Å². The van der Waals surface area contributed by atoms with Crippen molar-refractivity contribution in [2.45, 2.75) is 12.8 Å². The Morgan fingerprint density at radius 2 is 1.17 bits per heavy atom. The molecular formula is C20H18F2O6S. The summed E-state index contributed by atoms with van der Waals surface area (Å²) < 4.78 is 61.2. The van der Waals surface area contributed by atoms with Gasteiger partial charge >= 0.3 is 11.9 Å². The zero-order chi connectivity index (χ0) is 21.0. The average molecular weight is 424 g/mol. The number of hydrogen-bond donors (Lipinski definition) is 0. The fourth-order valence-corrected chi connectivity index (χ4v) is 5.48. The van der Waals surface area contributed by atoms with E-state index in [1.54, 1.807) is 0 Å². The lowest BCUT2D eigenvalue weighted by atomic mass is 9.90. The smallest absolute Gasteiger partial charge is 0.311 e. The molecule has 6 nitrogen and oxygen atoms in total. The number of benzene rings is 2. The molecule has 2 aromatic rings. The van der Waals surface area contributed by atoms with Gasteiger partial charge in [-0.1, -0.05) is 24.3 Å². The number of rotatable bonds is 6. The van der Waals surface area contributed by atoms with Crippen LogP contribution in [0.3, 0.4) is 0 Å². The van der Waals surface area contributed by atoms with Gasteiger partial charge in [0.05, 0.1) is 24.3 Å². The molecule has 2 atom stereocenters. The molecule has 9 heteroatoms. The van der Waals surface area contributed by atoms with Crippen LogP contribution in [-0.4, -0.2) is 31.9 Å². The summed E-state index contributed by atoms with van der Waals surface area (Å²) in [5.74, 6) is -5.51. The Morgan fingerprint density at radius 3 is 1.55 bits per heavy atom. The van der Waals surface area contributed by atoms with Crippen LogP contribution in [0.2, 0.25) is 0 Å². The van der Waals surface area contributed by atoms with Gasteiger partial charge in [0.25, 0.3) is 0 Å². The maximum absolute atomic E-state index is 13.6. The van der Waals surface area contributed by atoms with Crippen molar-refractivity contribution in [1.82, 2.24) is 0 Å². The van der Waals surface area contributed by atoms with Crippen molar-refractivity contribution < 1.29 is 36.3 Å². The van der Waals surface area contributed by atoms with Gasteiger partial charge in [0.2, 0.25) is 0 Å². The molecule has 1 aliphatic heterocycles. The van der Waals surface area contributed by atoms with E-state index >= 15 is 0 Å². The van der Waals surface area contributed by atoms with Crippen molar-refractivity contribution in [3.05, 3.63) is 60.2 Å². The third-order valence-corrected chi connectivity index (χ3v) is 6.45. The minimum atomic E-state index is -3.46. The molecule has 1 saturated heterocycles. The first-order valence-electron chi connectivity index (χ1n) is 8.84. The lowest BCUT2D eigenvalue weighted by Crippen LogP contribution is -2.24. The summed E-state index contributed by atoms with van der Waals surface area (Å²) >= 11 is 0. The number of carbonyl (C=O) groups excluding carboxylic acids is 2. The van der Waals surface area contributed by atoms with Gasteiger partial charge in [-0.05, 0) is 36.1 Å². The Bertz CT molecular complexity index is 946. The second-order valence-corrected chi connectivity index (χ2v) is 8.97. The number of halogens is 2. The van der Waals surface area contributed by atoms with Gasteiger partial charge in [0.1, 0.15) is 0 Å². The topological polar surface area (TPSA) is 86.7 Å². The summed E-state index contributed by atoms with van der Waals surface area (Å²) in [6.07, 6.45) is -0.601. The lowest BCUT2D eigenvalue weighted by molar-refractivity contribution is -0.138. The van der Waals surface area contributed by atoms with Crippen LogP contribution in [0.25, 0.3) is 0 Å². The summed E-state index contributed by atoms with van der Waals surface area (Å²) in [5, 5.41) is 0. The molecule has 154 valence electrons. The van der Waals surface area contributed by atoms with E-state index in [0.717, 1.165) is 12.1 Å². The molecule has 0 spiro atoms. The molecule has 29 heavy (non-hydrogen) atoms. The van der Waals surface area contributed by atoms with E-state index in [0.29, 0.717) is 0 Å². The van der Waals surface area contributed by atoms with E-state index < -0.39 is 45.2 Å². The second kappa shape index (κ2) is 8.69. The first-order chi connectivity index (χ1) is 13.7. The molecule has 2 aromatic carbocycles. The van der Waals surface area contributed by atoms with E-state index in [2.05, 4.69) is 0 Å². The molecule has 0 amide bonds. The van der Waals surface area contributed by atoms with Crippen molar-refractivity contribution in [2.75, 3.05) is 11.5 Å². The lowest BCUT2D eigenvalue weighted by Gasteiger charge is -2.16. The third-order valence-electron chi connectivity index (χ3n) is 4.58. The Hall–Kier alpha value is -2.81. The highest BCUT2D eigenvalue weighted by Gasteiger charge is 2.40. The summed E-state index contributed by atoms with van der Waals surface area (Å²) in [4.78, 5) is 24.3. The van der Waals surface area contributed by atoms with Gasteiger partial charge in [0, 0.05) is 0 Å². The van der Waals surface area contributed by atoms with Gasteiger partial charge < -0.3 is 9.47 Å². The molecule has 0 aromatic heterocycles. The zero-order valence-corrected chi connectivity index (χ0v) is 16.0. The molecule has 0 saturated carbocycles. The fraction of sp³-hybridized carbons (Fsp3) is 0.300. The van der Waals surface area contributed by atoms with E-state index in [9.17, 15) is 26.8 Å². The van der Waals surface area contributed by atoms with Gasteiger partial charge in [-0.25, -0.2) is 17.2 Å². The van der Waals surface area contributed by atoms with E-state index in [4.69, 9.17) is 9.47 Å². The molecular weight excluding hydrogens is 406 g/mol. The van der Waals surface area contributed by atoms with Gasteiger partial charge in [0.15, 0.2) is 33.0 Å². The predicted molar refractivity (Wildman–Crippen MR) is 98.9 cm³/mol.